The third kappa shape index (κ3) is 2.08. The molecular weight excluding hydrogens is 220 g/mol. The summed E-state index contributed by atoms with van der Waals surface area (Å²) in [6.45, 7) is 1.88. The molecule has 0 spiro atoms. The number of hydrogen-bond acceptors (Lipinski definition) is 5. The minimum Gasteiger partial charge on any atom is -0.322 e. The van der Waals surface area contributed by atoms with Gasteiger partial charge in [0.25, 0.3) is 0 Å². The smallest absolute Gasteiger partial charge is 0.147 e. The molecule has 1 unspecified atom stereocenters. The van der Waals surface area contributed by atoms with E-state index in [0.717, 1.165) is 15.6 Å². The maximum Gasteiger partial charge on any atom is 0.147 e. The van der Waals surface area contributed by atoms with Crippen LogP contribution in [-0.4, -0.2) is 10.2 Å². The molecule has 0 saturated carbocycles. The predicted molar refractivity (Wildman–Crippen MR) is 62.7 cm³/mol. The molecule has 1 aromatic heterocycles. The molecule has 0 aliphatic rings. The van der Waals surface area contributed by atoms with Crippen molar-refractivity contribution in [2.45, 2.75) is 13.0 Å². The standard InChI is InChI=1S/C11H10N4S/c1-7(13)10-14-15-11(16-10)9-4-2-8(6-12)3-5-9/h2-5,7H,13H2,1H3. The molecule has 0 radical (unpaired) electrons. The number of hydrogen-bond donors (Lipinski definition) is 1. The van der Waals surface area contributed by atoms with Crippen molar-refractivity contribution in [2.75, 3.05) is 0 Å². The van der Waals surface area contributed by atoms with E-state index in [-0.39, 0.29) is 6.04 Å². The van der Waals surface area contributed by atoms with E-state index >= 15 is 0 Å². The van der Waals surface area contributed by atoms with Gasteiger partial charge in [0, 0.05) is 5.56 Å². The lowest BCUT2D eigenvalue weighted by Crippen LogP contribution is -2.03. The van der Waals surface area contributed by atoms with Crippen molar-refractivity contribution in [1.29, 1.82) is 5.26 Å². The van der Waals surface area contributed by atoms with Crippen LogP contribution in [0.3, 0.4) is 0 Å². The Labute approximate surface area is 97.4 Å². The Morgan fingerprint density at radius 2 is 2.00 bits per heavy atom. The molecule has 1 atom stereocenters. The fourth-order valence-corrected chi connectivity index (χ4v) is 2.02. The Balaban J connectivity index is 2.32. The summed E-state index contributed by atoms with van der Waals surface area (Å²) in [5.74, 6) is 0. The topological polar surface area (TPSA) is 75.6 Å². The van der Waals surface area contributed by atoms with Gasteiger partial charge in [0.15, 0.2) is 0 Å². The van der Waals surface area contributed by atoms with E-state index in [1.807, 2.05) is 19.1 Å². The third-order valence-corrected chi connectivity index (χ3v) is 3.26. The Kier molecular flexibility index (Phi) is 2.95. The van der Waals surface area contributed by atoms with Gasteiger partial charge in [0.2, 0.25) is 0 Å². The fraction of sp³-hybridized carbons (Fsp3) is 0.182. The van der Waals surface area contributed by atoms with Gasteiger partial charge in [-0.25, -0.2) is 0 Å². The summed E-state index contributed by atoms with van der Waals surface area (Å²) in [7, 11) is 0. The van der Waals surface area contributed by atoms with E-state index in [1.54, 1.807) is 12.1 Å². The van der Waals surface area contributed by atoms with Gasteiger partial charge >= 0.3 is 0 Å². The lowest BCUT2D eigenvalue weighted by atomic mass is 10.2. The van der Waals surface area contributed by atoms with Crippen molar-refractivity contribution < 1.29 is 0 Å². The predicted octanol–water partition coefficient (Wildman–Crippen LogP) is 2.10. The summed E-state index contributed by atoms with van der Waals surface area (Å²) in [4.78, 5) is 0. The molecule has 80 valence electrons. The van der Waals surface area contributed by atoms with Crippen LogP contribution in [0.1, 0.15) is 23.5 Å². The van der Waals surface area contributed by atoms with Crippen molar-refractivity contribution in [3.8, 4) is 16.6 Å². The molecule has 0 amide bonds. The summed E-state index contributed by atoms with van der Waals surface area (Å²) in [5.41, 5.74) is 7.32. The first-order chi connectivity index (χ1) is 7.70. The Morgan fingerprint density at radius 3 is 2.50 bits per heavy atom. The normalized spacial score (nSPS) is 12.1. The second kappa shape index (κ2) is 4.39. The summed E-state index contributed by atoms with van der Waals surface area (Å²) in [6.07, 6.45) is 0. The van der Waals surface area contributed by atoms with Gasteiger partial charge in [-0.3, -0.25) is 0 Å². The first-order valence-corrected chi connectivity index (χ1v) is 5.62. The van der Waals surface area contributed by atoms with Crippen LogP contribution >= 0.6 is 11.3 Å². The van der Waals surface area contributed by atoms with Crippen LogP contribution in [0.5, 0.6) is 0 Å². The molecule has 1 heterocycles. The molecule has 0 aliphatic carbocycles. The summed E-state index contributed by atoms with van der Waals surface area (Å²) >= 11 is 1.48. The fourth-order valence-electron chi connectivity index (χ4n) is 1.22. The quantitative estimate of drug-likeness (QED) is 0.857. The molecule has 2 N–H and O–H groups in total. The van der Waals surface area contributed by atoms with E-state index in [4.69, 9.17) is 11.0 Å². The average Bonchev–Trinajstić information content (AvgIpc) is 2.78. The van der Waals surface area contributed by atoms with Gasteiger partial charge < -0.3 is 5.73 Å². The minimum atomic E-state index is -0.0929. The maximum atomic E-state index is 8.68. The molecule has 5 heteroatoms. The molecule has 0 bridgehead atoms. The van der Waals surface area contributed by atoms with Crippen molar-refractivity contribution in [1.82, 2.24) is 10.2 Å². The maximum absolute atomic E-state index is 8.68. The third-order valence-electron chi connectivity index (χ3n) is 2.09. The first-order valence-electron chi connectivity index (χ1n) is 4.80. The van der Waals surface area contributed by atoms with Gasteiger partial charge in [-0.1, -0.05) is 23.5 Å². The molecule has 0 saturated heterocycles. The van der Waals surface area contributed by atoms with E-state index in [2.05, 4.69) is 16.3 Å². The SMILES string of the molecule is CC(N)c1nnc(-c2ccc(C#N)cc2)s1. The molecule has 2 rings (SSSR count). The zero-order chi connectivity index (χ0) is 11.5. The first kappa shape index (κ1) is 10.7. The molecule has 0 aliphatic heterocycles. The average molecular weight is 230 g/mol. The highest BCUT2D eigenvalue weighted by molar-refractivity contribution is 7.14. The second-order valence-electron chi connectivity index (χ2n) is 3.42. The summed E-state index contributed by atoms with van der Waals surface area (Å²) < 4.78 is 0. The summed E-state index contributed by atoms with van der Waals surface area (Å²) in [5, 5.41) is 18.4. The number of aromatic nitrogens is 2. The van der Waals surface area contributed by atoms with E-state index < -0.39 is 0 Å². The molecule has 1 aromatic carbocycles. The van der Waals surface area contributed by atoms with Gasteiger partial charge in [0.1, 0.15) is 10.0 Å². The monoisotopic (exact) mass is 230 g/mol. The second-order valence-corrected chi connectivity index (χ2v) is 4.43. The number of nitrogens with two attached hydrogens (primary N) is 1. The number of rotatable bonds is 2. The summed E-state index contributed by atoms with van der Waals surface area (Å²) in [6, 6.07) is 9.25. The Bertz CT molecular complexity index is 522. The highest BCUT2D eigenvalue weighted by atomic mass is 32.1. The van der Waals surface area contributed by atoms with Crippen LogP contribution in [-0.2, 0) is 0 Å². The minimum absolute atomic E-state index is 0.0929. The van der Waals surface area contributed by atoms with Gasteiger partial charge in [-0.15, -0.1) is 10.2 Å². The van der Waals surface area contributed by atoms with E-state index in [1.165, 1.54) is 11.3 Å². The largest absolute Gasteiger partial charge is 0.322 e. The highest BCUT2D eigenvalue weighted by Crippen LogP contribution is 2.25. The van der Waals surface area contributed by atoms with E-state index in [0.29, 0.717) is 5.56 Å². The van der Waals surface area contributed by atoms with Crippen molar-refractivity contribution in [3.05, 3.63) is 34.8 Å². The molecule has 0 fully saturated rings. The lowest BCUT2D eigenvalue weighted by Gasteiger charge is -1.96. The van der Waals surface area contributed by atoms with Crippen LogP contribution in [0.4, 0.5) is 0 Å². The van der Waals surface area contributed by atoms with Crippen LogP contribution in [0.15, 0.2) is 24.3 Å². The number of nitrogens with zero attached hydrogens (tertiary/aromatic N) is 3. The molecular formula is C11H10N4S. The molecule has 2 aromatic rings. The lowest BCUT2D eigenvalue weighted by molar-refractivity contribution is 0.786. The van der Waals surface area contributed by atoms with Crippen LogP contribution in [0.25, 0.3) is 10.6 Å². The van der Waals surface area contributed by atoms with Crippen LogP contribution in [0, 0.1) is 11.3 Å². The zero-order valence-electron chi connectivity index (χ0n) is 8.71. The van der Waals surface area contributed by atoms with Gasteiger partial charge in [0.05, 0.1) is 17.7 Å². The Hall–Kier alpha value is -1.77. The van der Waals surface area contributed by atoms with Crippen molar-refractivity contribution in [3.63, 3.8) is 0 Å². The van der Waals surface area contributed by atoms with Crippen molar-refractivity contribution >= 4 is 11.3 Å². The zero-order valence-corrected chi connectivity index (χ0v) is 9.53. The van der Waals surface area contributed by atoms with Gasteiger partial charge in [-0.2, -0.15) is 5.26 Å². The highest BCUT2D eigenvalue weighted by Gasteiger charge is 2.09. The number of nitriles is 1. The number of benzene rings is 1. The Morgan fingerprint density at radius 1 is 1.31 bits per heavy atom. The van der Waals surface area contributed by atoms with Gasteiger partial charge in [-0.05, 0) is 19.1 Å². The van der Waals surface area contributed by atoms with Crippen molar-refractivity contribution in [2.24, 2.45) is 5.73 Å². The molecule has 16 heavy (non-hydrogen) atoms. The van der Waals surface area contributed by atoms with Crippen LogP contribution < -0.4 is 5.73 Å². The van der Waals surface area contributed by atoms with E-state index in [9.17, 15) is 0 Å². The van der Waals surface area contributed by atoms with Crippen LogP contribution in [0.2, 0.25) is 0 Å². The molecule has 4 nitrogen and oxygen atoms in total.